The minimum atomic E-state index is -1.41. The van der Waals surface area contributed by atoms with Crippen molar-refractivity contribution in [1.29, 1.82) is 0 Å². The summed E-state index contributed by atoms with van der Waals surface area (Å²) in [5.41, 5.74) is -0.665. The fourth-order valence-electron chi connectivity index (χ4n) is 0.880. The molecule has 1 aromatic heterocycles. The predicted molar refractivity (Wildman–Crippen MR) is 42.8 cm³/mol. The molecule has 1 unspecified atom stereocenters. The van der Waals surface area contributed by atoms with Gasteiger partial charge in [-0.1, -0.05) is 6.07 Å². The van der Waals surface area contributed by atoms with Crippen LogP contribution in [0.2, 0.25) is 0 Å². The molecule has 59 valence electrons. The second-order valence-electron chi connectivity index (χ2n) is 2.91. The molecule has 0 bridgehead atoms. The zero-order chi connectivity index (χ0) is 8.32. The molecule has 0 saturated heterocycles. The van der Waals surface area contributed by atoms with Gasteiger partial charge in [-0.05, 0) is 26.0 Å². The maximum atomic E-state index is 12.9. The van der Waals surface area contributed by atoms with Crippen molar-refractivity contribution in [2.45, 2.75) is 19.0 Å². The topological polar surface area (TPSA) is 12.9 Å². The molecule has 0 amide bonds. The van der Waals surface area contributed by atoms with E-state index in [9.17, 15) is 4.39 Å². The van der Waals surface area contributed by atoms with Gasteiger partial charge < -0.3 is 0 Å². The van der Waals surface area contributed by atoms with E-state index in [1.54, 1.807) is 12.3 Å². The summed E-state index contributed by atoms with van der Waals surface area (Å²) in [4.78, 5) is 3.98. The highest BCUT2D eigenvalue weighted by molar-refractivity contribution is 5.07. The van der Waals surface area contributed by atoms with Gasteiger partial charge in [-0.25, -0.2) is 4.39 Å². The van der Waals surface area contributed by atoms with Gasteiger partial charge in [0.15, 0.2) is 0 Å². The number of rotatable bonds is 2. The van der Waals surface area contributed by atoms with Crippen LogP contribution in [0.3, 0.4) is 0 Å². The van der Waals surface area contributed by atoms with Gasteiger partial charge in [0.25, 0.3) is 0 Å². The second-order valence-corrected chi connectivity index (χ2v) is 2.91. The lowest BCUT2D eigenvalue weighted by Gasteiger charge is -2.11. The van der Waals surface area contributed by atoms with Gasteiger partial charge in [-0.15, -0.1) is 0 Å². The van der Waals surface area contributed by atoms with Crippen LogP contribution in [-0.4, -0.2) is 10.7 Å². The highest BCUT2D eigenvalue weighted by Gasteiger charge is 2.16. The van der Waals surface area contributed by atoms with Crippen molar-refractivity contribution in [2.75, 3.05) is 0 Å². The fourth-order valence-corrected chi connectivity index (χ4v) is 0.880. The van der Waals surface area contributed by atoms with Crippen LogP contribution in [-0.2, 0) is 6.42 Å². The maximum absolute atomic E-state index is 12.9. The zero-order valence-electron chi connectivity index (χ0n) is 6.55. The van der Waals surface area contributed by atoms with E-state index in [0.717, 1.165) is 5.69 Å². The molecule has 2 heteroatoms. The number of hydrogen-bond acceptors (Lipinski definition) is 1. The Balaban J connectivity index is 2.66. The molecule has 1 radical (unpaired) electrons. The van der Waals surface area contributed by atoms with Crippen LogP contribution in [0.25, 0.3) is 0 Å². The van der Waals surface area contributed by atoms with Gasteiger partial charge in [0, 0.05) is 18.3 Å². The first-order valence-corrected chi connectivity index (χ1v) is 3.52. The molecule has 1 rings (SSSR count). The van der Waals surface area contributed by atoms with Gasteiger partial charge in [0.2, 0.25) is 0 Å². The second kappa shape index (κ2) is 2.99. The summed E-state index contributed by atoms with van der Waals surface area (Å²) in [6, 6.07) is 5.44. The molecular formula is C9H11FN. The maximum Gasteiger partial charge on any atom is 0.113 e. The Hall–Kier alpha value is -0.920. The Morgan fingerprint density at radius 2 is 2.36 bits per heavy atom. The van der Waals surface area contributed by atoms with Gasteiger partial charge in [0.05, 0.1) is 0 Å². The van der Waals surface area contributed by atoms with E-state index in [1.807, 2.05) is 12.1 Å². The molecule has 0 fully saturated rings. The first-order valence-electron chi connectivity index (χ1n) is 3.52. The zero-order valence-corrected chi connectivity index (χ0v) is 6.55. The third-order valence-corrected chi connectivity index (χ3v) is 1.28. The van der Waals surface area contributed by atoms with E-state index in [4.69, 9.17) is 0 Å². The van der Waals surface area contributed by atoms with Crippen molar-refractivity contribution in [1.82, 2.24) is 4.98 Å². The Kier molecular flexibility index (Phi) is 2.22. The lowest BCUT2D eigenvalue weighted by Crippen LogP contribution is -2.16. The van der Waals surface area contributed by atoms with Gasteiger partial charge >= 0.3 is 0 Å². The predicted octanol–water partition coefficient (Wildman–Crippen LogP) is 2.19. The van der Waals surface area contributed by atoms with Crippen molar-refractivity contribution in [3.63, 3.8) is 0 Å². The van der Waals surface area contributed by atoms with E-state index >= 15 is 0 Å². The van der Waals surface area contributed by atoms with Gasteiger partial charge in [-0.3, -0.25) is 4.98 Å². The van der Waals surface area contributed by atoms with Gasteiger partial charge in [0.1, 0.15) is 5.67 Å². The highest BCUT2D eigenvalue weighted by atomic mass is 19.1. The van der Waals surface area contributed by atoms with Crippen LogP contribution in [0.1, 0.15) is 12.6 Å². The largest absolute Gasteiger partial charge is 0.261 e. The molecule has 0 aliphatic heterocycles. The lowest BCUT2D eigenvalue weighted by atomic mass is 10.0. The summed E-state index contributed by atoms with van der Waals surface area (Å²) in [6.45, 7) is 4.81. The first-order chi connectivity index (χ1) is 5.08. The van der Waals surface area contributed by atoms with Crippen LogP contribution < -0.4 is 0 Å². The van der Waals surface area contributed by atoms with E-state index in [-0.39, 0.29) is 6.42 Å². The molecule has 1 atom stereocenters. The number of pyridine rings is 1. The Morgan fingerprint density at radius 3 is 2.82 bits per heavy atom. The molecule has 11 heavy (non-hydrogen) atoms. The summed E-state index contributed by atoms with van der Waals surface area (Å²) in [6.07, 6.45) is 1.93. The minimum absolute atomic E-state index is 0.272. The number of halogens is 1. The summed E-state index contributed by atoms with van der Waals surface area (Å²) in [5, 5.41) is 0. The fraction of sp³-hybridized carbons (Fsp3) is 0.333. The molecule has 0 saturated carbocycles. The van der Waals surface area contributed by atoms with E-state index in [1.165, 1.54) is 6.92 Å². The van der Waals surface area contributed by atoms with Crippen LogP contribution in [0, 0.1) is 6.92 Å². The molecule has 0 spiro atoms. The summed E-state index contributed by atoms with van der Waals surface area (Å²) in [5.74, 6) is 0. The molecular weight excluding hydrogens is 141 g/mol. The van der Waals surface area contributed by atoms with Crippen molar-refractivity contribution in [3.8, 4) is 0 Å². The Bertz CT molecular complexity index is 213. The SMILES string of the molecule is [CH2]C(C)(F)Cc1ccccn1. The van der Waals surface area contributed by atoms with Crippen LogP contribution in [0.15, 0.2) is 24.4 Å². The first kappa shape index (κ1) is 8.18. The number of aromatic nitrogens is 1. The average Bonchev–Trinajstić information content (AvgIpc) is 1.85. The van der Waals surface area contributed by atoms with Crippen molar-refractivity contribution in [2.24, 2.45) is 0 Å². The molecule has 1 heterocycles. The van der Waals surface area contributed by atoms with Crippen LogP contribution >= 0.6 is 0 Å². The summed E-state index contributed by atoms with van der Waals surface area (Å²) in [7, 11) is 0. The monoisotopic (exact) mass is 152 g/mol. The number of hydrogen-bond donors (Lipinski definition) is 0. The standard InChI is InChI=1S/C9H11FN/c1-9(2,10)7-8-5-3-4-6-11-8/h3-6H,1,7H2,2H3. The number of nitrogens with zero attached hydrogens (tertiary/aromatic N) is 1. The Labute approximate surface area is 66.3 Å². The van der Waals surface area contributed by atoms with Crippen LogP contribution in [0.5, 0.6) is 0 Å². The molecule has 0 aliphatic carbocycles. The molecule has 1 aromatic rings. The molecule has 0 N–H and O–H groups in total. The highest BCUT2D eigenvalue weighted by Crippen LogP contribution is 2.13. The smallest absolute Gasteiger partial charge is 0.113 e. The van der Waals surface area contributed by atoms with E-state index in [0.29, 0.717) is 0 Å². The quantitative estimate of drug-likeness (QED) is 0.633. The van der Waals surface area contributed by atoms with Gasteiger partial charge in [-0.2, -0.15) is 0 Å². The summed E-state index contributed by atoms with van der Waals surface area (Å²) < 4.78 is 12.9. The summed E-state index contributed by atoms with van der Waals surface area (Å²) >= 11 is 0. The third kappa shape index (κ3) is 3.12. The van der Waals surface area contributed by atoms with Crippen molar-refractivity contribution >= 4 is 0 Å². The third-order valence-electron chi connectivity index (χ3n) is 1.28. The molecule has 0 aromatic carbocycles. The number of alkyl halides is 1. The Morgan fingerprint density at radius 1 is 1.64 bits per heavy atom. The van der Waals surface area contributed by atoms with E-state index < -0.39 is 5.67 Å². The molecule has 1 nitrogen and oxygen atoms in total. The molecule has 0 aliphatic rings. The normalized spacial score (nSPS) is 11.5. The van der Waals surface area contributed by atoms with Crippen LogP contribution in [0.4, 0.5) is 4.39 Å². The minimum Gasteiger partial charge on any atom is -0.261 e. The lowest BCUT2D eigenvalue weighted by molar-refractivity contribution is 0.251. The van der Waals surface area contributed by atoms with E-state index in [2.05, 4.69) is 11.9 Å². The van der Waals surface area contributed by atoms with Crippen molar-refractivity contribution < 1.29 is 4.39 Å². The average molecular weight is 152 g/mol. The van der Waals surface area contributed by atoms with Crippen molar-refractivity contribution in [3.05, 3.63) is 37.0 Å².